The number of hydrogen-bond acceptors (Lipinski definition) is 9. The fourth-order valence-corrected chi connectivity index (χ4v) is 4.80. The van der Waals surface area contributed by atoms with Crippen molar-refractivity contribution in [2.24, 2.45) is 5.10 Å². The van der Waals surface area contributed by atoms with E-state index in [1.165, 1.54) is 17.4 Å². The number of hydrogen-bond donors (Lipinski definition) is 0. The molecular formula is C12H12N4O4S3. The smallest absolute Gasteiger partial charge is 0.295 e. The zero-order chi connectivity index (χ0) is 16.4. The summed E-state index contributed by atoms with van der Waals surface area (Å²) in [4.78, 5) is 15.4. The Hall–Kier alpha value is -1.85. The summed E-state index contributed by atoms with van der Waals surface area (Å²) in [6.07, 6.45) is 1.58. The van der Waals surface area contributed by atoms with Crippen molar-refractivity contribution < 1.29 is 13.3 Å². The van der Waals surface area contributed by atoms with Crippen LogP contribution >= 0.6 is 22.7 Å². The number of hydrazone groups is 1. The molecular weight excluding hydrogens is 360 g/mol. The van der Waals surface area contributed by atoms with Crippen molar-refractivity contribution >= 4 is 43.7 Å². The maximum atomic E-state index is 11.3. The molecule has 11 heteroatoms. The van der Waals surface area contributed by atoms with Crippen molar-refractivity contribution in [3.63, 3.8) is 0 Å². The predicted molar refractivity (Wildman–Crippen MR) is 89.9 cm³/mol. The summed E-state index contributed by atoms with van der Waals surface area (Å²) in [5.74, 6) is 0.233. The van der Waals surface area contributed by atoms with Crippen molar-refractivity contribution in [1.29, 1.82) is 0 Å². The van der Waals surface area contributed by atoms with Crippen LogP contribution in [0.2, 0.25) is 0 Å². The van der Waals surface area contributed by atoms with Crippen LogP contribution in [0, 0.1) is 10.1 Å². The van der Waals surface area contributed by atoms with E-state index in [1.54, 1.807) is 17.3 Å². The van der Waals surface area contributed by atoms with Crippen LogP contribution in [0.4, 0.5) is 5.00 Å². The Balaban J connectivity index is 1.67. The van der Waals surface area contributed by atoms with Gasteiger partial charge in [-0.25, -0.2) is 13.4 Å². The van der Waals surface area contributed by atoms with Crippen molar-refractivity contribution in [3.8, 4) is 9.88 Å². The standard InChI is InChI=1S/C12H12N4O4S3/c17-16(18)11-2-1-10(22-11)12-14-9(8-21-12)7-13-15-3-5-23(19,20)6-4-15/h1-2,7-8H,3-6H2/b13-7-. The van der Waals surface area contributed by atoms with E-state index in [1.807, 2.05) is 5.38 Å². The molecule has 0 bridgehead atoms. The summed E-state index contributed by atoms with van der Waals surface area (Å²) in [5, 5.41) is 19.2. The van der Waals surface area contributed by atoms with E-state index in [0.717, 1.165) is 16.2 Å². The summed E-state index contributed by atoms with van der Waals surface area (Å²) < 4.78 is 22.7. The lowest BCUT2D eigenvalue weighted by molar-refractivity contribution is -0.380. The summed E-state index contributed by atoms with van der Waals surface area (Å²) in [5.41, 5.74) is 0.648. The van der Waals surface area contributed by atoms with Gasteiger partial charge in [-0.15, -0.1) is 11.3 Å². The molecule has 0 N–H and O–H groups in total. The molecule has 1 aliphatic heterocycles. The first-order chi connectivity index (χ1) is 10.9. The molecule has 0 unspecified atom stereocenters. The Morgan fingerprint density at radius 3 is 2.74 bits per heavy atom. The summed E-state index contributed by atoms with van der Waals surface area (Å²) in [6.45, 7) is 0.764. The Morgan fingerprint density at radius 1 is 1.35 bits per heavy atom. The molecule has 0 spiro atoms. The van der Waals surface area contributed by atoms with Crippen molar-refractivity contribution in [2.45, 2.75) is 0 Å². The van der Waals surface area contributed by atoms with Crippen LogP contribution in [0.3, 0.4) is 0 Å². The Bertz CT molecular complexity index is 841. The molecule has 0 radical (unpaired) electrons. The summed E-state index contributed by atoms with van der Waals surface area (Å²) >= 11 is 2.47. The van der Waals surface area contributed by atoms with Gasteiger partial charge in [-0.2, -0.15) is 5.10 Å². The van der Waals surface area contributed by atoms with Crippen molar-refractivity contribution in [3.05, 3.63) is 33.3 Å². The van der Waals surface area contributed by atoms with E-state index in [-0.39, 0.29) is 16.5 Å². The molecule has 0 atom stereocenters. The van der Waals surface area contributed by atoms with Crippen LogP contribution in [0.25, 0.3) is 9.88 Å². The molecule has 1 saturated heterocycles. The maximum absolute atomic E-state index is 11.3. The number of sulfone groups is 1. The van der Waals surface area contributed by atoms with Crippen LogP contribution in [0.1, 0.15) is 5.69 Å². The Labute approximate surface area is 140 Å². The molecule has 0 amide bonds. The van der Waals surface area contributed by atoms with Gasteiger partial charge in [-0.3, -0.25) is 15.1 Å². The minimum absolute atomic E-state index is 0.0833. The van der Waals surface area contributed by atoms with Gasteiger partial charge in [-0.1, -0.05) is 11.3 Å². The van der Waals surface area contributed by atoms with Gasteiger partial charge in [0.05, 0.1) is 46.3 Å². The third kappa shape index (κ3) is 3.92. The lowest BCUT2D eigenvalue weighted by atomic mass is 10.4. The van der Waals surface area contributed by atoms with E-state index in [4.69, 9.17) is 0 Å². The van der Waals surface area contributed by atoms with Crippen LogP contribution < -0.4 is 0 Å². The van der Waals surface area contributed by atoms with E-state index in [2.05, 4.69) is 10.1 Å². The molecule has 2 aromatic rings. The molecule has 1 aliphatic rings. The SMILES string of the molecule is O=[N+]([O-])c1ccc(-c2nc(/C=N\N3CCS(=O)(=O)CC3)cs2)s1. The lowest BCUT2D eigenvalue weighted by Gasteiger charge is -2.23. The van der Waals surface area contributed by atoms with Crippen molar-refractivity contribution in [2.75, 3.05) is 24.6 Å². The number of thiophene rings is 1. The van der Waals surface area contributed by atoms with Gasteiger partial charge in [0.25, 0.3) is 0 Å². The minimum Gasteiger partial charge on any atom is -0.295 e. The molecule has 0 aromatic carbocycles. The first-order valence-electron chi connectivity index (χ1n) is 6.62. The van der Waals surface area contributed by atoms with Crippen LogP contribution in [-0.2, 0) is 9.84 Å². The minimum atomic E-state index is -2.92. The molecule has 0 aliphatic carbocycles. The highest BCUT2D eigenvalue weighted by Crippen LogP contribution is 2.34. The molecule has 3 heterocycles. The summed E-state index contributed by atoms with van der Waals surface area (Å²) in [6, 6.07) is 3.14. The van der Waals surface area contributed by atoms with Gasteiger partial charge in [0.2, 0.25) is 0 Å². The average Bonchev–Trinajstić information content (AvgIpc) is 3.15. The molecule has 122 valence electrons. The Kier molecular flexibility index (Phi) is 4.41. The Morgan fingerprint density at radius 2 is 2.09 bits per heavy atom. The number of nitrogens with zero attached hydrogens (tertiary/aromatic N) is 4. The monoisotopic (exact) mass is 372 g/mol. The molecule has 0 saturated carbocycles. The highest BCUT2D eigenvalue weighted by Gasteiger charge is 2.20. The van der Waals surface area contributed by atoms with Crippen LogP contribution in [0.5, 0.6) is 0 Å². The number of aromatic nitrogens is 1. The van der Waals surface area contributed by atoms with Crippen LogP contribution in [0.15, 0.2) is 22.6 Å². The number of thiazole rings is 1. The average molecular weight is 372 g/mol. The highest BCUT2D eigenvalue weighted by atomic mass is 32.2. The molecule has 1 fully saturated rings. The van der Waals surface area contributed by atoms with E-state index in [9.17, 15) is 18.5 Å². The second-order valence-electron chi connectivity index (χ2n) is 4.82. The van der Waals surface area contributed by atoms with E-state index < -0.39 is 14.8 Å². The predicted octanol–water partition coefficient (Wildman–Crippen LogP) is 1.84. The maximum Gasteiger partial charge on any atom is 0.324 e. The zero-order valence-corrected chi connectivity index (χ0v) is 14.2. The van der Waals surface area contributed by atoms with Gasteiger partial charge in [0.1, 0.15) is 5.01 Å². The molecule has 23 heavy (non-hydrogen) atoms. The number of rotatable bonds is 4. The van der Waals surface area contributed by atoms with Gasteiger partial charge < -0.3 is 0 Å². The first-order valence-corrected chi connectivity index (χ1v) is 10.1. The first kappa shape index (κ1) is 16.0. The summed E-state index contributed by atoms with van der Waals surface area (Å²) in [7, 11) is -2.92. The molecule has 3 rings (SSSR count). The second kappa shape index (κ2) is 6.34. The normalized spacial score (nSPS) is 17.7. The quantitative estimate of drug-likeness (QED) is 0.461. The van der Waals surface area contributed by atoms with Gasteiger partial charge >= 0.3 is 5.00 Å². The largest absolute Gasteiger partial charge is 0.324 e. The zero-order valence-electron chi connectivity index (χ0n) is 11.8. The topological polar surface area (TPSA) is 106 Å². The lowest BCUT2D eigenvalue weighted by Crippen LogP contribution is -2.37. The third-order valence-electron chi connectivity index (χ3n) is 3.18. The van der Waals surface area contributed by atoms with Gasteiger partial charge in [-0.05, 0) is 6.07 Å². The van der Waals surface area contributed by atoms with E-state index >= 15 is 0 Å². The fraction of sp³-hybridized carbons (Fsp3) is 0.333. The van der Waals surface area contributed by atoms with Gasteiger partial charge in [0, 0.05) is 11.4 Å². The third-order valence-corrected chi connectivity index (χ3v) is 6.85. The second-order valence-corrected chi connectivity index (χ2v) is 9.05. The fourth-order valence-electron chi connectivity index (χ4n) is 1.96. The number of nitro groups is 1. The molecule has 2 aromatic heterocycles. The highest BCUT2D eigenvalue weighted by molar-refractivity contribution is 7.91. The van der Waals surface area contributed by atoms with Crippen LogP contribution in [-0.4, -0.2) is 54.1 Å². The van der Waals surface area contributed by atoms with Crippen molar-refractivity contribution in [1.82, 2.24) is 9.99 Å². The van der Waals surface area contributed by atoms with Gasteiger partial charge in [0.15, 0.2) is 9.84 Å². The molecule has 8 nitrogen and oxygen atoms in total. The van der Waals surface area contributed by atoms with E-state index in [0.29, 0.717) is 23.8 Å².